The molecule has 1 saturated carbocycles. The molecule has 0 atom stereocenters. The van der Waals surface area contributed by atoms with Gasteiger partial charge in [-0.1, -0.05) is 36.4 Å². The average molecular weight is 495 g/mol. The molecule has 0 aromatic heterocycles. The summed E-state index contributed by atoms with van der Waals surface area (Å²) < 4.78 is 121. The quantitative estimate of drug-likeness (QED) is 0.432. The van der Waals surface area contributed by atoms with Gasteiger partial charge in [0.05, 0.1) is 6.07 Å². The molecule has 0 radical (unpaired) electrons. The topological polar surface area (TPSA) is 44.0 Å². The number of halogens is 9. The van der Waals surface area contributed by atoms with Gasteiger partial charge in [0, 0.05) is 0 Å². The third-order valence-electron chi connectivity index (χ3n) is 6.38. The maximum absolute atomic E-state index is 14.6. The van der Waals surface area contributed by atoms with E-state index in [1.54, 1.807) is 36.4 Å². The second kappa shape index (κ2) is 8.40. The zero-order valence-electron chi connectivity index (χ0n) is 17.3. The van der Waals surface area contributed by atoms with Crippen LogP contribution in [0.1, 0.15) is 37.2 Å². The van der Waals surface area contributed by atoms with E-state index in [1.807, 2.05) is 0 Å². The standard InChI is InChI=1S/C23H18F9NO/c24-20(25,21(26,27)22(28,29)23(30,31)32)19(13-33)11-9-17(10-12-19)15-3-1-14(2-4-15)16-5-7-18(34)8-6-16/h1-8,17,34H,9-12H2. The molecule has 34 heavy (non-hydrogen) atoms. The van der Waals surface area contributed by atoms with Crippen LogP contribution >= 0.6 is 0 Å². The first-order chi connectivity index (χ1) is 15.6. The zero-order valence-corrected chi connectivity index (χ0v) is 17.3. The summed E-state index contributed by atoms with van der Waals surface area (Å²) in [6.45, 7) is 0. The van der Waals surface area contributed by atoms with Crippen LogP contribution in [0.2, 0.25) is 0 Å². The van der Waals surface area contributed by atoms with Gasteiger partial charge in [0.15, 0.2) is 0 Å². The minimum Gasteiger partial charge on any atom is -0.508 e. The number of phenols is 1. The average Bonchev–Trinajstić information content (AvgIpc) is 2.78. The van der Waals surface area contributed by atoms with Crippen molar-refractivity contribution in [3.8, 4) is 22.9 Å². The fraction of sp³-hybridized carbons (Fsp3) is 0.435. The third kappa shape index (κ3) is 3.97. The number of hydrogen-bond donors (Lipinski definition) is 1. The van der Waals surface area contributed by atoms with E-state index in [2.05, 4.69) is 0 Å². The van der Waals surface area contributed by atoms with Gasteiger partial charge in [-0.05, 0) is 60.4 Å². The molecule has 1 aliphatic carbocycles. The Bertz CT molecular complexity index is 1050. The Morgan fingerprint density at radius 1 is 0.735 bits per heavy atom. The molecule has 184 valence electrons. The lowest BCUT2D eigenvalue weighted by atomic mass is 9.64. The van der Waals surface area contributed by atoms with Crippen molar-refractivity contribution in [3.05, 3.63) is 54.1 Å². The molecule has 0 saturated heterocycles. The molecule has 0 amide bonds. The summed E-state index contributed by atoms with van der Waals surface area (Å²) in [5, 5.41) is 18.6. The molecule has 0 spiro atoms. The van der Waals surface area contributed by atoms with Crippen molar-refractivity contribution < 1.29 is 44.6 Å². The van der Waals surface area contributed by atoms with Crippen molar-refractivity contribution in [2.75, 3.05) is 0 Å². The Kier molecular flexibility index (Phi) is 6.35. The Balaban J connectivity index is 1.81. The van der Waals surface area contributed by atoms with Gasteiger partial charge < -0.3 is 5.11 Å². The SMILES string of the molecule is N#CC1(C(F)(F)C(F)(F)C(F)(F)C(F)(F)F)CCC(c2ccc(-c3ccc(O)cc3)cc2)CC1. The molecule has 11 heteroatoms. The van der Waals surface area contributed by atoms with Crippen LogP contribution in [-0.2, 0) is 0 Å². The molecule has 0 unspecified atom stereocenters. The molecule has 1 aliphatic rings. The highest BCUT2D eigenvalue weighted by Crippen LogP contribution is 2.62. The van der Waals surface area contributed by atoms with E-state index in [-0.39, 0.29) is 18.6 Å². The number of phenolic OH excluding ortho intramolecular Hbond substituents is 1. The van der Waals surface area contributed by atoms with E-state index >= 15 is 0 Å². The molecule has 1 N–H and O–H groups in total. The number of nitrogens with zero attached hydrogens (tertiary/aromatic N) is 1. The van der Waals surface area contributed by atoms with Crippen molar-refractivity contribution in [1.29, 1.82) is 5.26 Å². The Morgan fingerprint density at radius 2 is 1.18 bits per heavy atom. The minimum absolute atomic E-state index is 0.0685. The summed E-state index contributed by atoms with van der Waals surface area (Å²) in [6, 6.07) is 13.9. The van der Waals surface area contributed by atoms with Gasteiger partial charge in [0.1, 0.15) is 11.2 Å². The first-order valence-corrected chi connectivity index (χ1v) is 10.1. The van der Waals surface area contributed by atoms with E-state index in [9.17, 15) is 49.9 Å². The Labute approximate surface area is 188 Å². The maximum atomic E-state index is 14.6. The van der Waals surface area contributed by atoms with Gasteiger partial charge in [0.2, 0.25) is 0 Å². The second-order valence-corrected chi connectivity index (χ2v) is 8.36. The number of benzene rings is 2. The highest BCUT2D eigenvalue weighted by Gasteiger charge is 2.85. The van der Waals surface area contributed by atoms with E-state index in [4.69, 9.17) is 0 Å². The zero-order chi connectivity index (χ0) is 25.6. The van der Waals surface area contributed by atoms with Crippen LogP contribution in [0.15, 0.2) is 48.5 Å². The van der Waals surface area contributed by atoms with Crippen molar-refractivity contribution in [2.45, 2.75) is 55.5 Å². The van der Waals surface area contributed by atoms with Gasteiger partial charge in [-0.3, -0.25) is 0 Å². The van der Waals surface area contributed by atoms with Gasteiger partial charge in [-0.25, -0.2) is 0 Å². The maximum Gasteiger partial charge on any atom is 0.460 e. The largest absolute Gasteiger partial charge is 0.508 e. The Hall–Kier alpha value is -2.90. The lowest BCUT2D eigenvalue weighted by molar-refractivity contribution is -0.409. The van der Waals surface area contributed by atoms with Crippen molar-refractivity contribution in [2.24, 2.45) is 5.41 Å². The fourth-order valence-electron chi connectivity index (χ4n) is 4.22. The third-order valence-corrected chi connectivity index (χ3v) is 6.38. The lowest BCUT2D eigenvalue weighted by Crippen LogP contribution is -2.66. The fourth-order valence-corrected chi connectivity index (χ4v) is 4.22. The molecule has 2 aromatic rings. The van der Waals surface area contributed by atoms with Crippen molar-refractivity contribution in [3.63, 3.8) is 0 Å². The summed E-state index contributed by atoms with van der Waals surface area (Å²) >= 11 is 0. The number of alkyl halides is 9. The number of aromatic hydroxyl groups is 1. The van der Waals surface area contributed by atoms with Crippen LogP contribution in [0.4, 0.5) is 39.5 Å². The molecular weight excluding hydrogens is 477 g/mol. The summed E-state index contributed by atoms with van der Waals surface area (Å²) in [7, 11) is 0. The highest BCUT2D eigenvalue weighted by molar-refractivity contribution is 5.64. The molecule has 0 aliphatic heterocycles. The first kappa shape index (κ1) is 25.7. The van der Waals surface area contributed by atoms with Crippen LogP contribution in [0.3, 0.4) is 0 Å². The summed E-state index contributed by atoms with van der Waals surface area (Å²) in [6.07, 6.45) is -9.45. The molecular formula is C23H18F9NO. The molecule has 3 rings (SSSR count). The smallest absolute Gasteiger partial charge is 0.460 e. The molecule has 2 nitrogen and oxygen atoms in total. The number of rotatable bonds is 5. The van der Waals surface area contributed by atoms with Gasteiger partial charge in [0.25, 0.3) is 0 Å². The van der Waals surface area contributed by atoms with Gasteiger partial charge in [-0.15, -0.1) is 0 Å². The number of nitriles is 1. The van der Waals surface area contributed by atoms with Gasteiger partial charge in [-0.2, -0.15) is 44.8 Å². The summed E-state index contributed by atoms with van der Waals surface area (Å²) in [5.41, 5.74) is -1.24. The predicted molar refractivity (Wildman–Crippen MR) is 104 cm³/mol. The monoisotopic (exact) mass is 495 g/mol. The van der Waals surface area contributed by atoms with Crippen molar-refractivity contribution >= 4 is 0 Å². The van der Waals surface area contributed by atoms with Crippen LogP contribution in [0.25, 0.3) is 11.1 Å². The van der Waals surface area contributed by atoms with E-state index < -0.39 is 48.1 Å². The van der Waals surface area contributed by atoms with Crippen molar-refractivity contribution in [1.82, 2.24) is 0 Å². The summed E-state index contributed by atoms with van der Waals surface area (Å²) in [4.78, 5) is 0. The minimum atomic E-state index is -7.02. The van der Waals surface area contributed by atoms with E-state index in [0.717, 1.165) is 17.2 Å². The van der Waals surface area contributed by atoms with Crippen LogP contribution in [-0.4, -0.2) is 29.1 Å². The highest BCUT2D eigenvalue weighted by atomic mass is 19.4. The molecule has 2 aromatic carbocycles. The van der Waals surface area contributed by atoms with Crippen LogP contribution in [0.5, 0.6) is 5.75 Å². The lowest BCUT2D eigenvalue weighted by Gasteiger charge is -2.44. The normalized spacial score (nSPS) is 22.3. The van der Waals surface area contributed by atoms with E-state index in [0.29, 0.717) is 5.56 Å². The van der Waals surface area contributed by atoms with E-state index in [1.165, 1.54) is 12.1 Å². The molecule has 0 heterocycles. The number of hydrogen-bond acceptors (Lipinski definition) is 2. The molecule has 0 bridgehead atoms. The Morgan fingerprint density at radius 3 is 1.59 bits per heavy atom. The van der Waals surface area contributed by atoms with Crippen LogP contribution in [0, 0.1) is 16.7 Å². The summed E-state index contributed by atoms with van der Waals surface area (Å²) in [5.74, 6) is -20.2. The second-order valence-electron chi connectivity index (χ2n) is 8.36. The van der Waals surface area contributed by atoms with Gasteiger partial charge >= 0.3 is 23.9 Å². The predicted octanol–water partition coefficient (Wildman–Crippen LogP) is 7.69. The van der Waals surface area contributed by atoms with Crippen LogP contribution < -0.4 is 0 Å². The first-order valence-electron chi connectivity index (χ1n) is 10.1. The molecule has 1 fully saturated rings.